The van der Waals surface area contributed by atoms with Gasteiger partial charge in [-0.05, 0) is 63.2 Å². The van der Waals surface area contributed by atoms with Gasteiger partial charge in [0.05, 0.1) is 4.47 Å². The second-order valence-corrected chi connectivity index (χ2v) is 7.35. The Labute approximate surface area is 140 Å². The lowest BCUT2D eigenvalue weighted by Crippen LogP contribution is -2.11. The van der Waals surface area contributed by atoms with E-state index in [1.54, 1.807) is 0 Å². The van der Waals surface area contributed by atoms with E-state index in [0.29, 0.717) is 5.88 Å². The number of ether oxygens (including phenoxy) is 1. The van der Waals surface area contributed by atoms with E-state index in [1.807, 2.05) is 24.3 Å². The zero-order valence-corrected chi connectivity index (χ0v) is 15.2. The normalized spacial score (nSPS) is 11.5. The number of alkyl halides is 1. The number of benzene rings is 2. The maximum atomic E-state index is 6.02. The summed E-state index contributed by atoms with van der Waals surface area (Å²) >= 11 is 9.37. The first kappa shape index (κ1) is 16.4. The Morgan fingerprint density at radius 3 is 2.24 bits per heavy atom. The first-order valence-electron chi connectivity index (χ1n) is 6.94. The topological polar surface area (TPSA) is 9.23 Å². The summed E-state index contributed by atoms with van der Waals surface area (Å²) in [7, 11) is 0. The van der Waals surface area contributed by atoms with Gasteiger partial charge in [-0.1, -0.05) is 39.0 Å². The van der Waals surface area contributed by atoms with Crippen molar-refractivity contribution in [1.82, 2.24) is 0 Å². The van der Waals surface area contributed by atoms with Crippen molar-refractivity contribution >= 4 is 27.5 Å². The number of hydrogen-bond donors (Lipinski definition) is 0. The zero-order valence-electron chi connectivity index (χ0n) is 12.8. The van der Waals surface area contributed by atoms with Crippen LogP contribution in [0.5, 0.6) is 11.5 Å². The summed E-state index contributed by atoms with van der Waals surface area (Å²) in [5.74, 6) is 2.18. The molecule has 0 fully saturated rings. The average molecular weight is 368 g/mol. The van der Waals surface area contributed by atoms with Crippen LogP contribution in [0.3, 0.4) is 0 Å². The highest BCUT2D eigenvalue weighted by Crippen LogP contribution is 2.34. The van der Waals surface area contributed by atoms with Gasteiger partial charge >= 0.3 is 0 Å². The molecular formula is C18H20BrClO. The largest absolute Gasteiger partial charge is 0.456 e. The van der Waals surface area contributed by atoms with Gasteiger partial charge in [-0.15, -0.1) is 11.6 Å². The molecule has 3 heteroatoms. The van der Waals surface area contributed by atoms with Crippen molar-refractivity contribution in [3.05, 3.63) is 57.6 Å². The van der Waals surface area contributed by atoms with E-state index in [2.05, 4.69) is 55.8 Å². The standard InChI is InChI=1S/C18H20BrClO/c1-12-9-14(18(2,3)4)6-8-16(12)21-17-7-5-13(11-20)10-15(17)19/h5-10H,11H2,1-4H3. The van der Waals surface area contributed by atoms with Gasteiger partial charge in [0.1, 0.15) is 11.5 Å². The van der Waals surface area contributed by atoms with Gasteiger partial charge in [0.15, 0.2) is 0 Å². The lowest BCUT2D eigenvalue weighted by molar-refractivity contribution is 0.474. The molecule has 1 nitrogen and oxygen atoms in total. The highest BCUT2D eigenvalue weighted by atomic mass is 79.9. The van der Waals surface area contributed by atoms with Crippen LogP contribution in [0.2, 0.25) is 0 Å². The third kappa shape index (κ3) is 4.02. The van der Waals surface area contributed by atoms with E-state index >= 15 is 0 Å². The first-order chi connectivity index (χ1) is 9.81. The Hall–Kier alpha value is -0.990. The van der Waals surface area contributed by atoms with Crippen molar-refractivity contribution in [2.24, 2.45) is 0 Å². The number of aryl methyl sites for hydroxylation is 1. The monoisotopic (exact) mass is 366 g/mol. The number of hydrogen-bond acceptors (Lipinski definition) is 1. The molecule has 0 bridgehead atoms. The molecule has 0 atom stereocenters. The van der Waals surface area contributed by atoms with E-state index in [0.717, 1.165) is 27.1 Å². The smallest absolute Gasteiger partial charge is 0.141 e. The molecule has 0 saturated heterocycles. The fraction of sp³-hybridized carbons (Fsp3) is 0.333. The average Bonchev–Trinajstić information content (AvgIpc) is 2.41. The van der Waals surface area contributed by atoms with Crippen LogP contribution in [0, 0.1) is 6.92 Å². The molecule has 0 amide bonds. The maximum absolute atomic E-state index is 6.02. The summed E-state index contributed by atoms with van der Waals surface area (Å²) in [6.45, 7) is 8.71. The van der Waals surface area contributed by atoms with Crippen molar-refractivity contribution in [3.8, 4) is 11.5 Å². The van der Waals surface area contributed by atoms with Crippen LogP contribution in [0.1, 0.15) is 37.5 Å². The minimum atomic E-state index is 0.145. The molecule has 112 valence electrons. The highest BCUT2D eigenvalue weighted by Gasteiger charge is 2.15. The maximum Gasteiger partial charge on any atom is 0.141 e. The molecule has 0 unspecified atom stereocenters. The molecule has 2 aromatic rings. The first-order valence-corrected chi connectivity index (χ1v) is 8.27. The van der Waals surface area contributed by atoms with Crippen LogP contribution in [-0.2, 0) is 11.3 Å². The molecule has 0 heterocycles. The zero-order chi connectivity index (χ0) is 15.6. The summed E-state index contributed by atoms with van der Waals surface area (Å²) in [6, 6.07) is 12.3. The van der Waals surface area contributed by atoms with Crippen molar-refractivity contribution < 1.29 is 4.74 Å². The minimum Gasteiger partial charge on any atom is -0.456 e. The number of halogens is 2. The van der Waals surface area contributed by atoms with Gasteiger partial charge in [0, 0.05) is 5.88 Å². The number of rotatable bonds is 3. The lowest BCUT2D eigenvalue weighted by Gasteiger charge is -2.20. The summed E-state index contributed by atoms with van der Waals surface area (Å²) in [6.07, 6.45) is 0. The summed E-state index contributed by atoms with van der Waals surface area (Å²) in [4.78, 5) is 0. The Bertz CT molecular complexity index is 644. The molecular weight excluding hydrogens is 348 g/mol. The molecule has 0 saturated carbocycles. The molecule has 2 rings (SSSR count). The Morgan fingerprint density at radius 1 is 1.05 bits per heavy atom. The van der Waals surface area contributed by atoms with Gasteiger partial charge in [-0.2, -0.15) is 0 Å². The summed E-state index contributed by atoms with van der Waals surface area (Å²) in [5, 5.41) is 0. The Balaban J connectivity index is 2.28. The Morgan fingerprint density at radius 2 is 1.71 bits per heavy atom. The van der Waals surface area contributed by atoms with Crippen molar-refractivity contribution in [2.75, 3.05) is 0 Å². The SMILES string of the molecule is Cc1cc(C(C)(C)C)ccc1Oc1ccc(CCl)cc1Br. The van der Waals surface area contributed by atoms with Gasteiger partial charge in [0.2, 0.25) is 0 Å². The van der Waals surface area contributed by atoms with Gasteiger partial charge < -0.3 is 4.74 Å². The van der Waals surface area contributed by atoms with Crippen LogP contribution >= 0.6 is 27.5 Å². The quantitative estimate of drug-likeness (QED) is 0.556. The molecule has 0 spiro atoms. The molecule has 0 radical (unpaired) electrons. The lowest BCUT2D eigenvalue weighted by atomic mass is 9.86. The van der Waals surface area contributed by atoms with Crippen LogP contribution < -0.4 is 4.74 Å². The molecule has 0 aliphatic rings. The van der Waals surface area contributed by atoms with E-state index in [4.69, 9.17) is 16.3 Å². The van der Waals surface area contributed by atoms with Crippen LogP contribution in [0.4, 0.5) is 0 Å². The highest BCUT2D eigenvalue weighted by molar-refractivity contribution is 9.10. The van der Waals surface area contributed by atoms with E-state index in [9.17, 15) is 0 Å². The molecule has 0 aromatic heterocycles. The third-order valence-corrected chi connectivity index (χ3v) is 4.34. The fourth-order valence-corrected chi connectivity index (χ4v) is 2.73. The summed E-state index contributed by atoms with van der Waals surface area (Å²) < 4.78 is 6.93. The van der Waals surface area contributed by atoms with Crippen LogP contribution in [0.15, 0.2) is 40.9 Å². The second-order valence-electron chi connectivity index (χ2n) is 6.23. The molecule has 0 aliphatic carbocycles. The molecule has 0 aliphatic heterocycles. The van der Waals surface area contributed by atoms with Crippen molar-refractivity contribution in [2.45, 2.75) is 39.0 Å². The predicted octanol–water partition coefficient (Wildman–Crippen LogP) is 6.59. The van der Waals surface area contributed by atoms with Crippen molar-refractivity contribution in [1.29, 1.82) is 0 Å². The molecule has 0 N–H and O–H groups in total. The van der Waals surface area contributed by atoms with E-state index < -0.39 is 0 Å². The Kier molecular flexibility index (Phi) is 5.00. The third-order valence-electron chi connectivity index (χ3n) is 3.41. The minimum absolute atomic E-state index is 0.145. The van der Waals surface area contributed by atoms with Gasteiger partial charge in [-0.3, -0.25) is 0 Å². The summed E-state index contributed by atoms with van der Waals surface area (Å²) in [5.41, 5.74) is 3.65. The molecule has 2 aromatic carbocycles. The van der Waals surface area contributed by atoms with E-state index in [-0.39, 0.29) is 5.41 Å². The van der Waals surface area contributed by atoms with Crippen LogP contribution in [0.25, 0.3) is 0 Å². The predicted molar refractivity (Wildman–Crippen MR) is 93.7 cm³/mol. The fourth-order valence-electron chi connectivity index (χ4n) is 2.06. The van der Waals surface area contributed by atoms with Crippen molar-refractivity contribution in [3.63, 3.8) is 0 Å². The van der Waals surface area contributed by atoms with Crippen LogP contribution in [-0.4, -0.2) is 0 Å². The van der Waals surface area contributed by atoms with Gasteiger partial charge in [-0.25, -0.2) is 0 Å². The second kappa shape index (κ2) is 6.41. The van der Waals surface area contributed by atoms with E-state index in [1.165, 1.54) is 5.56 Å². The van der Waals surface area contributed by atoms with Gasteiger partial charge in [0.25, 0.3) is 0 Å². The molecule has 21 heavy (non-hydrogen) atoms.